The molecule has 0 unspecified atom stereocenters. The van der Waals surface area contributed by atoms with Crippen molar-refractivity contribution < 1.29 is 19.2 Å². The van der Waals surface area contributed by atoms with E-state index in [1.165, 1.54) is 12.8 Å². The van der Waals surface area contributed by atoms with Gasteiger partial charge in [-0.05, 0) is 28.2 Å². The van der Waals surface area contributed by atoms with Gasteiger partial charge in [-0.3, -0.25) is 0 Å². The molecule has 0 atom stereocenters. The third-order valence-corrected chi connectivity index (χ3v) is 4.02. The van der Waals surface area contributed by atoms with Crippen molar-refractivity contribution in [1.29, 1.82) is 0 Å². The van der Waals surface area contributed by atoms with Crippen molar-refractivity contribution in [3.8, 4) is 0 Å². The van der Waals surface area contributed by atoms with Crippen LogP contribution in [0.1, 0.15) is 12.8 Å². The average molecular weight is 268 g/mol. The molecule has 17 heavy (non-hydrogen) atoms. The summed E-state index contributed by atoms with van der Waals surface area (Å²) in [4.78, 5) is 0. The van der Waals surface area contributed by atoms with E-state index >= 15 is 0 Å². The van der Waals surface area contributed by atoms with Crippen LogP contribution >= 0.6 is 0 Å². The van der Waals surface area contributed by atoms with Gasteiger partial charge in [0.25, 0.3) is 0 Å². The molecule has 2 N–H and O–H groups in total. The fraction of sp³-hybridized carbons (Fsp3) is 0.429. The fourth-order valence-electron chi connectivity index (χ4n) is 1.29. The zero-order chi connectivity index (χ0) is 12.9. The number of nitrogens with one attached hydrogen (secondary N) is 2. The van der Waals surface area contributed by atoms with E-state index in [1.54, 1.807) is 7.76 Å². The Hall–Kier alpha value is -0.406. The second-order valence-corrected chi connectivity index (χ2v) is 6.17. The molecule has 0 bridgehead atoms. The third-order valence-electron chi connectivity index (χ3n) is 1.86. The van der Waals surface area contributed by atoms with Gasteiger partial charge in [0, 0.05) is 0 Å². The molecule has 3 heteroatoms. The summed E-state index contributed by atoms with van der Waals surface area (Å²) in [7, 11) is 7.50. The van der Waals surface area contributed by atoms with E-state index in [-0.39, 0.29) is 19.2 Å². The summed E-state index contributed by atoms with van der Waals surface area (Å²) in [5.74, 6) is 0. The van der Waals surface area contributed by atoms with Crippen molar-refractivity contribution >= 4 is 0 Å². The molecule has 0 aliphatic heterocycles. The summed E-state index contributed by atoms with van der Waals surface area (Å²) in [5, 5.41) is 5.50. The molecule has 2 aliphatic rings. The number of hydrogen-bond donors (Lipinski definition) is 2. The molecule has 0 heterocycles. The van der Waals surface area contributed by atoms with Gasteiger partial charge < -0.3 is 10.6 Å². The predicted molar refractivity (Wildman–Crippen MR) is 73.6 cm³/mol. The molecule has 2 nitrogen and oxygen atoms in total. The number of hydrogen-bond acceptors (Lipinski definition) is 2. The van der Waals surface area contributed by atoms with E-state index in [1.807, 2.05) is 28.2 Å². The maximum atomic E-state index is 2.75. The van der Waals surface area contributed by atoms with Gasteiger partial charge >= 0.3 is 76.2 Å². The molecule has 0 aromatic carbocycles. The van der Waals surface area contributed by atoms with Crippen LogP contribution < -0.4 is 10.6 Å². The van der Waals surface area contributed by atoms with Gasteiger partial charge in [-0.15, -0.1) is 0 Å². The Morgan fingerprint density at radius 3 is 1.41 bits per heavy atom. The monoisotopic (exact) mass is 268 g/mol. The summed E-state index contributed by atoms with van der Waals surface area (Å²) in [6.45, 7) is 0. The Kier molecular flexibility index (Phi) is 11.8. The van der Waals surface area contributed by atoms with E-state index in [2.05, 4.69) is 47.1 Å². The molecule has 94 valence electrons. The Morgan fingerprint density at radius 1 is 0.824 bits per heavy atom. The molecule has 0 fully saturated rings. The maximum absolute atomic E-state index is 2.75. The maximum Gasteiger partial charge on any atom is -0.0167 e. The average Bonchev–Trinajstić information content (AvgIpc) is 2.94. The zero-order valence-electron chi connectivity index (χ0n) is 11.4. The smallest absolute Gasteiger partial charge is 0.0167 e. The molecule has 0 saturated carbocycles. The quantitative estimate of drug-likeness (QED) is 0.752. The molecule has 0 aromatic rings. The zero-order valence-corrected chi connectivity index (χ0v) is 12.9. The van der Waals surface area contributed by atoms with Crippen molar-refractivity contribution in [3.05, 3.63) is 44.2 Å². The van der Waals surface area contributed by atoms with Crippen LogP contribution in [0.3, 0.4) is 0 Å². The first-order valence-corrected chi connectivity index (χ1v) is 7.50. The second-order valence-electron chi connectivity index (χ2n) is 3.77. The third kappa shape index (κ3) is 9.31. The van der Waals surface area contributed by atoms with Crippen LogP contribution in [0, 0.1) is 0 Å². The van der Waals surface area contributed by atoms with Crippen molar-refractivity contribution in [3.63, 3.8) is 0 Å². The molecule has 0 aromatic heterocycles. The van der Waals surface area contributed by atoms with E-state index in [0.717, 1.165) is 0 Å². The predicted octanol–water partition coefficient (Wildman–Crippen LogP) is 2.43. The molecule has 0 amide bonds. The summed E-state index contributed by atoms with van der Waals surface area (Å²) in [6.07, 6.45) is 15.9. The van der Waals surface area contributed by atoms with Crippen LogP contribution in [0.4, 0.5) is 0 Å². The van der Waals surface area contributed by atoms with Crippen molar-refractivity contribution in [1.82, 2.24) is 10.6 Å². The number of allylic oxidation sites excluding steroid dienone is 8. The molecule has 0 saturated heterocycles. The summed E-state index contributed by atoms with van der Waals surface area (Å²) < 4.78 is 3.36. The van der Waals surface area contributed by atoms with Crippen LogP contribution in [0.5, 0.6) is 0 Å². The standard InChI is InChI=1S/2C5H5.2C2H7N.Ti/c2*1-2-4-5-3-1;2*1-3-2;/h2*1-3H,4H2;2*3H,1-2H3;. The second kappa shape index (κ2) is 12.1. The van der Waals surface area contributed by atoms with Crippen LogP contribution in [-0.2, 0) is 19.2 Å². The first-order chi connectivity index (χ1) is 8.28. The van der Waals surface area contributed by atoms with Crippen LogP contribution in [-0.4, -0.2) is 28.2 Å². The van der Waals surface area contributed by atoms with E-state index < -0.39 is 0 Å². The summed E-state index contributed by atoms with van der Waals surface area (Å²) in [5.41, 5.74) is 0. The Morgan fingerprint density at radius 2 is 1.18 bits per heavy atom. The van der Waals surface area contributed by atoms with Crippen molar-refractivity contribution in [2.45, 2.75) is 12.8 Å². The molecule has 0 spiro atoms. The van der Waals surface area contributed by atoms with Crippen LogP contribution in [0.2, 0.25) is 0 Å². The minimum atomic E-state index is 0.0833. The molecule has 0 radical (unpaired) electrons. The molecule has 2 rings (SSSR count). The molecule has 2 aliphatic carbocycles. The van der Waals surface area contributed by atoms with Gasteiger partial charge in [0.05, 0.1) is 0 Å². The first kappa shape index (κ1) is 16.6. The minimum absolute atomic E-state index is 0.0833. The largest absolute Gasteiger partial charge is 0.323 e. The fourth-order valence-corrected chi connectivity index (χ4v) is 3.18. The topological polar surface area (TPSA) is 24.1 Å². The van der Waals surface area contributed by atoms with Gasteiger partial charge in [-0.1, -0.05) is 0 Å². The van der Waals surface area contributed by atoms with Gasteiger partial charge in [-0.25, -0.2) is 0 Å². The van der Waals surface area contributed by atoms with E-state index in [4.69, 9.17) is 0 Å². The SMILES string of the molecule is C1=CC[C]([Ti][C]2=CC=CC2)=C1.CNC.CNC. The minimum Gasteiger partial charge on any atom is -0.323 e. The van der Waals surface area contributed by atoms with Gasteiger partial charge in [0.1, 0.15) is 0 Å². The molecular weight excluding hydrogens is 244 g/mol. The summed E-state index contributed by atoms with van der Waals surface area (Å²) in [6, 6.07) is 0. The van der Waals surface area contributed by atoms with Crippen molar-refractivity contribution in [2.24, 2.45) is 0 Å². The van der Waals surface area contributed by atoms with Gasteiger partial charge in [-0.2, -0.15) is 0 Å². The Balaban J connectivity index is 0.000000366. The normalized spacial score (nSPS) is 15.3. The Labute approximate surface area is 115 Å². The van der Waals surface area contributed by atoms with Crippen molar-refractivity contribution in [2.75, 3.05) is 28.2 Å². The summed E-state index contributed by atoms with van der Waals surface area (Å²) >= 11 is 0.0833. The van der Waals surface area contributed by atoms with E-state index in [0.29, 0.717) is 0 Å². The van der Waals surface area contributed by atoms with E-state index in [9.17, 15) is 0 Å². The van der Waals surface area contributed by atoms with Gasteiger partial charge in [0.2, 0.25) is 0 Å². The van der Waals surface area contributed by atoms with Crippen LogP contribution in [0.15, 0.2) is 44.2 Å². The first-order valence-electron chi connectivity index (χ1n) is 5.93. The number of rotatable bonds is 2. The molecular formula is C14H24N2Ti. The van der Waals surface area contributed by atoms with Gasteiger partial charge in [0.15, 0.2) is 0 Å². The Bertz CT molecular complexity index is 271. The van der Waals surface area contributed by atoms with Crippen LogP contribution in [0.25, 0.3) is 0 Å².